The molecule has 1 unspecified atom stereocenters. The van der Waals surface area contributed by atoms with E-state index in [4.69, 9.17) is 0 Å². The third kappa shape index (κ3) is 5.04. The first-order chi connectivity index (χ1) is 15.4. The molecule has 3 aromatic rings. The first-order valence-electron chi connectivity index (χ1n) is 10.7. The summed E-state index contributed by atoms with van der Waals surface area (Å²) in [6, 6.07) is 10.2. The number of nitrogens with one attached hydrogen (secondary N) is 2. The van der Waals surface area contributed by atoms with E-state index >= 15 is 0 Å². The lowest BCUT2D eigenvalue weighted by Crippen LogP contribution is -2.50. The number of piperidine rings is 1. The molecule has 32 heavy (non-hydrogen) atoms. The number of aromatic amines is 1. The van der Waals surface area contributed by atoms with Crippen LogP contribution >= 0.6 is 0 Å². The molecular formula is C25H25F2N3O2. The second-order valence-corrected chi connectivity index (χ2v) is 8.14. The lowest BCUT2D eigenvalue weighted by atomic mass is 9.98. The lowest BCUT2D eigenvalue weighted by Gasteiger charge is -2.32. The Labute approximate surface area is 185 Å². The van der Waals surface area contributed by atoms with Crippen molar-refractivity contribution in [1.82, 2.24) is 15.2 Å². The Kier molecular flexibility index (Phi) is 6.35. The van der Waals surface area contributed by atoms with Gasteiger partial charge in [0.1, 0.15) is 17.7 Å². The van der Waals surface area contributed by atoms with Crippen molar-refractivity contribution in [3.8, 4) is 0 Å². The first kappa shape index (κ1) is 21.7. The molecule has 1 atom stereocenters. The molecule has 0 bridgehead atoms. The summed E-state index contributed by atoms with van der Waals surface area (Å²) in [5.74, 6) is -1.03. The van der Waals surface area contributed by atoms with E-state index in [-0.39, 0.29) is 23.4 Å². The van der Waals surface area contributed by atoms with E-state index in [1.807, 2.05) is 12.1 Å². The Hall–Kier alpha value is -3.48. The molecule has 1 aliphatic heterocycles. The number of hydrogen-bond acceptors (Lipinski definition) is 2. The van der Waals surface area contributed by atoms with Crippen molar-refractivity contribution in [3.63, 3.8) is 0 Å². The number of carbonyl (C=O) groups is 2. The summed E-state index contributed by atoms with van der Waals surface area (Å²) in [6.07, 6.45) is 5.43. The summed E-state index contributed by atoms with van der Waals surface area (Å²) in [6.45, 7) is 2.46. The predicted octanol–water partition coefficient (Wildman–Crippen LogP) is 4.20. The highest BCUT2D eigenvalue weighted by Crippen LogP contribution is 2.23. The third-order valence-corrected chi connectivity index (χ3v) is 5.77. The number of likely N-dealkylation sites (tertiary alicyclic amines) is 1. The molecule has 1 saturated heterocycles. The Morgan fingerprint density at radius 1 is 1.12 bits per heavy atom. The van der Waals surface area contributed by atoms with E-state index in [0.29, 0.717) is 37.9 Å². The zero-order valence-corrected chi connectivity index (χ0v) is 17.8. The molecule has 0 saturated carbocycles. The number of nitrogens with zero attached hydrogens (tertiary/aromatic N) is 1. The maximum atomic E-state index is 13.5. The molecule has 1 fully saturated rings. The van der Waals surface area contributed by atoms with Crippen molar-refractivity contribution in [1.29, 1.82) is 0 Å². The van der Waals surface area contributed by atoms with E-state index in [0.717, 1.165) is 22.1 Å². The third-order valence-electron chi connectivity index (χ3n) is 5.77. The van der Waals surface area contributed by atoms with Crippen LogP contribution in [0.2, 0.25) is 0 Å². The Morgan fingerprint density at radius 2 is 1.88 bits per heavy atom. The van der Waals surface area contributed by atoms with Gasteiger partial charge in [-0.25, -0.2) is 8.78 Å². The highest BCUT2D eigenvalue weighted by atomic mass is 19.1. The van der Waals surface area contributed by atoms with Crippen molar-refractivity contribution in [3.05, 3.63) is 77.0 Å². The molecule has 0 radical (unpaired) electrons. The Morgan fingerprint density at radius 3 is 2.59 bits per heavy atom. The van der Waals surface area contributed by atoms with Crippen LogP contribution in [-0.4, -0.2) is 40.8 Å². The number of fused-ring (bicyclic) bond motifs is 1. The van der Waals surface area contributed by atoms with Gasteiger partial charge in [0.2, 0.25) is 11.8 Å². The van der Waals surface area contributed by atoms with Gasteiger partial charge in [-0.15, -0.1) is 0 Å². The molecule has 1 aromatic heterocycles. The highest BCUT2D eigenvalue weighted by Gasteiger charge is 2.28. The lowest BCUT2D eigenvalue weighted by molar-refractivity contribution is -0.136. The van der Waals surface area contributed by atoms with Gasteiger partial charge in [0, 0.05) is 43.5 Å². The fraction of sp³-hybridized carbons (Fsp3) is 0.280. The standard InChI is InChI=1S/C25H25F2N3O2/c1-16(31)29-24(13-19-15-28-23-14-21(27)5-6-22(19)23)25(32)30-9-7-17(8-10-30)11-18-3-2-4-20(26)12-18/h2-6,11-12,14-15,24,28H,7-10,13H2,1H3,(H,29,31). The van der Waals surface area contributed by atoms with Crippen LogP contribution in [0.15, 0.2) is 54.2 Å². The molecule has 2 N–H and O–H groups in total. The van der Waals surface area contributed by atoms with Gasteiger partial charge in [0.25, 0.3) is 0 Å². The fourth-order valence-electron chi connectivity index (χ4n) is 4.20. The summed E-state index contributed by atoms with van der Waals surface area (Å²) in [5.41, 5.74) is 3.47. The number of H-pyrrole nitrogens is 1. The minimum Gasteiger partial charge on any atom is -0.361 e. The van der Waals surface area contributed by atoms with Gasteiger partial charge in [-0.3, -0.25) is 9.59 Å². The molecule has 7 heteroatoms. The number of aromatic nitrogens is 1. The summed E-state index contributed by atoms with van der Waals surface area (Å²) in [7, 11) is 0. The van der Waals surface area contributed by atoms with E-state index in [1.54, 1.807) is 23.2 Å². The largest absolute Gasteiger partial charge is 0.361 e. The van der Waals surface area contributed by atoms with Crippen molar-refractivity contribution >= 4 is 28.8 Å². The normalized spacial score (nSPS) is 15.0. The summed E-state index contributed by atoms with van der Waals surface area (Å²) in [4.78, 5) is 29.8. The van der Waals surface area contributed by atoms with Gasteiger partial charge >= 0.3 is 0 Å². The maximum Gasteiger partial charge on any atom is 0.245 e. The van der Waals surface area contributed by atoms with Gasteiger partial charge in [-0.1, -0.05) is 23.8 Å². The minimum atomic E-state index is -0.703. The molecule has 166 valence electrons. The van der Waals surface area contributed by atoms with Crippen LogP contribution in [0.5, 0.6) is 0 Å². The van der Waals surface area contributed by atoms with E-state index in [9.17, 15) is 18.4 Å². The van der Waals surface area contributed by atoms with Gasteiger partial charge in [0.15, 0.2) is 0 Å². The van der Waals surface area contributed by atoms with Gasteiger partial charge in [0.05, 0.1) is 0 Å². The van der Waals surface area contributed by atoms with Crippen LogP contribution in [0.1, 0.15) is 30.9 Å². The van der Waals surface area contributed by atoms with Crippen LogP contribution in [0, 0.1) is 11.6 Å². The molecule has 0 spiro atoms. The number of hydrogen-bond donors (Lipinski definition) is 2. The van der Waals surface area contributed by atoms with Gasteiger partial charge in [-0.2, -0.15) is 0 Å². The molecular weight excluding hydrogens is 412 g/mol. The smallest absolute Gasteiger partial charge is 0.245 e. The van der Waals surface area contributed by atoms with E-state index in [2.05, 4.69) is 10.3 Å². The average Bonchev–Trinajstić information content (AvgIpc) is 3.15. The molecule has 5 nitrogen and oxygen atoms in total. The number of carbonyl (C=O) groups excluding carboxylic acids is 2. The number of amides is 2. The van der Waals surface area contributed by atoms with Crippen LogP contribution in [0.4, 0.5) is 8.78 Å². The Balaban J connectivity index is 1.46. The van der Waals surface area contributed by atoms with Crippen molar-refractivity contribution in [2.24, 2.45) is 0 Å². The van der Waals surface area contributed by atoms with Crippen molar-refractivity contribution in [2.45, 2.75) is 32.2 Å². The zero-order valence-electron chi connectivity index (χ0n) is 17.8. The van der Waals surface area contributed by atoms with Crippen molar-refractivity contribution in [2.75, 3.05) is 13.1 Å². The predicted molar refractivity (Wildman–Crippen MR) is 120 cm³/mol. The average molecular weight is 437 g/mol. The maximum absolute atomic E-state index is 13.5. The molecule has 1 aliphatic rings. The van der Waals surface area contributed by atoms with Gasteiger partial charge < -0.3 is 15.2 Å². The molecule has 2 amide bonds. The van der Waals surface area contributed by atoms with Crippen LogP contribution in [0.3, 0.4) is 0 Å². The number of rotatable bonds is 5. The summed E-state index contributed by atoms with van der Waals surface area (Å²) in [5, 5.41) is 3.60. The summed E-state index contributed by atoms with van der Waals surface area (Å²) >= 11 is 0. The van der Waals surface area contributed by atoms with E-state index < -0.39 is 6.04 Å². The van der Waals surface area contributed by atoms with Crippen LogP contribution in [-0.2, 0) is 16.0 Å². The SMILES string of the molecule is CC(=O)NC(Cc1c[nH]c2cc(F)ccc12)C(=O)N1CCC(=Cc2cccc(F)c2)CC1. The van der Waals surface area contributed by atoms with E-state index in [1.165, 1.54) is 31.2 Å². The fourth-order valence-corrected chi connectivity index (χ4v) is 4.20. The molecule has 4 rings (SSSR count). The topological polar surface area (TPSA) is 65.2 Å². The zero-order chi connectivity index (χ0) is 22.7. The van der Waals surface area contributed by atoms with Crippen LogP contribution in [0.25, 0.3) is 17.0 Å². The Bertz CT molecular complexity index is 1170. The second-order valence-electron chi connectivity index (χ2n) is 8.14. The molecule has 2 heterocycles. The van der Waals surface area contributed by atoms with Crippen LogP contribution < -0.4 is 5.32 Å². The first-order valence-corrected chi connectivity index (χ1v) is 10.7. The highest BCUT2D eigenvalue weighted by molar-refractivity contribution is 5.89. The second kappa shape index (κ2) is 9.34. The monoisotopic (exact) mass is 437 g/mol. The molecule has 2 aromatic carbocycles. The number of halogens is 2. The molecule has 0 aliphatic carbocycles. The quantitative estimate of drug-likeness (QED) is 0.628. The van der Waals surface area contributed by atoms with Gasteiger partial charge in [-0.05, 0) is 54.3 Å². The number of benzene rings is 2. The van der Waals surface area contributed by atoms with Crippen molar-refractivity contribution < 1.29 is 18.4 Å². The minimum absolute atomic E-state index is 0.138. The summed E-state index contributed by atoms with van der Waals surface area (Å²) < 4.78 is 26.9.